The molecule has 0 unspecified atom stereocenters. The van der Waals surface area contributed by atoms with Crippen LogP contribution in [0.2, 0.25) is 0 Å². The van der Waals surface area contributed by atoms with Crippen molar-refractivity contribution in [2.45, 2.75) is 13.5 Å². The Bertz CT molecular complexity index is 619. The minimum Gasteiger partial charge on any atom is -0.424 e. The third-order valence-electron chi connectivity index (χ3n) is 3.65. The van der Waals surface area contributed by atoms with E-state index in [1.54, 1.807) is 0 Å². The summed E-state index contributed by atoms with van der Waals surface area (Å²) < 4.78 is 5.44. The second-order valence-electron chi connectivity index (χ2n) is 5.59. The Labute approximate surface area is 129 Å². The smallest absolute Gasteiger partial charge is 0.230 e. The van der Waals surface area contributed by atoms with Crippen molar-refractivity contribution in [2.75, 3.05) is 50.1 Å². The molecule has 8 heteroatoms. The van der Waals surface area contributed by atoms with Gasteiger partial charge in [0.1, 0.15) is 5.82 Å². The van der Waals surface area contributed by atoms with Crippen molar-refractivity contribution >= 4 is 11.8 Å². The SMILES string of the molecule is Cc1nnc(CN2CCN(c3ccnc(N(C)C)n3)CC2)o1. The molecule has 0 bridgehead atoms. The Morgan fingerprint density at radius 3 is 2.59 bits per heavy atom. The number of anilines is 2. The predicted octanol–water partition coefficient (Wildman–Crippen LogP) is 0.556. The summed E-state index contributed by atoms with van der Waals surface area (Å²) in [6.45, 7) is 6.27. The average Bonchev–Trinajstić information content (AvgIpc) is 2.93. The van der Waals surface area contributed by atoms with Gasteiger partial charge < -0.3 is 14.2 Å². The first kappa shape index (κ1) is 14.7. The molecule has 0 saturated carbocycles. The van der Waals surface area contributed by atoms with Gasteiger partial charge in [-0.3, -0.25) is 4.90 Å². The lowest BCUT2D eigenvalue weighted by Gasteiger charge is -2.34. The zero-order valence-electron chi connectivity index (χ0n) is 13.2. The number of nitrogens with zero attached hydrogens (tertiary/aromatic N) is 7. The molecule has 3 rings (SSSR count). The first-order valence-electron chi connectivity index (χ1n) is 7.38. The number of rotatable bonds is 4. The third-order valence-corrected chi connectivity index (χ3v) is 3.65. The van der Waals surface area contributed by atoms with E-state index >= 15 is 0 Å². The fourth-order valence-corrected chi connectivity index (χ4v) is 2.46. The van der Waals surface area contributed by atoms with Crippen molar-refractivity contribution in [3.8, 4) is 0 Å². The molecule has 2 aromatic heterocycles. The maximum atomic E-state index is 5.44. The average molecular weight is 303 g/mol. The van der Waals surface area contributed by atoms with Gasteiger partial charge in [0.15, 0.2) is 0 Å². The number of piperazine rings is 1. The third kappa shape index (κ3) is 3.33. The summed E-state index contributed by atoms with van der Waals surface area (Å²) in [5.74, 6) is 3.02. The number of aryl methyl sites for hydroxylation is 1. The molecule has 1 saturated heterocycles. The van der Waals surface area contributed by atoms with Crippen LogP contribution in [0.4, 0.5) is 11.8 Å². The molecule has 22 heavy (non-hydrogen) atoms. The summed E-state index contributed by atoms with van der Waals surface area (Å²) in [5.41, 5.74) is 0. The van der Waals surface area contributed by atoms with Gasteiger partial charge >= 0.3 is 0 Å². The number of hydrogen-bond acceptors (Lipinski definition) is 8. The first-order chi connectivity index (χ1) is 10.6. The maximum Gasteiger partial charge on any atom is 0.230 e. The van der Waals surface area contributed by atoms with Crippen LogP contribution in [0.3, 0.4) is 0 Å². The molecular weight excluding hydrogens is 282 g/mol. The minimum atomic E-state index is 0.617. The molecule has 1 aliphatic rings. The molecule has 0 atom stereocenters. The van der Waals surface area contributed by atoms with Crippen molar-refractivity contribution in [3.05, 3.63) is 24.0 Å². The van der Waals surface area contributed by atoms with Crippen molar-refractivity contribution in [1.82, 2.24) is 25.1 Å². The Morgan fingerprint density at radius 2 is 1.95 bits per heavy atom. The van der Waals surface area contributed by atoms with Crippen molar-refractivity contribution in [2.24, 2.45) is 0 Å². The zero-order chi connectivity index (χ0) is 15.5. The Balaban J connectivity index is 1.58. The van der Waals surface area contributed by atoms with Crippen molar-refractivity contribution < 1.29 is 4.42 Å². The van der Waals surface area contributed by atoms with Crippen LogP contribution in [-0.4, -0.2) is 65.3 Å². The summed E-state index contributed by atoms with van der Waals surface area (Å²) in [7, 11) is 3.90. The maximum absolute atomic E-state index is 5.44. The molecule has 0 radical (unpaired) electrons. The highest BCUT2D eigenvalue weighted by molar-refractivity contribution is 5.43. The lowest BCUT2D eigenvalue weighted by atomic mass is 10.3. The summed E-state index contributed by atoms with van der Waals surface area (Å²) in [6.07, 6.45) is 1.81. The molecule has 8 nitrogen and oxygen atoms in total. The summed E-state index contributed by atoms with van der Waals surface area (Å²) in [5, 5.41) is 7.92. The van der Waals surface area contributed by atoms with E-state index in [4.69, 9.17) is 4.42 Å². The van der Waals surface area contributed by atoms with E-state index < -0.39 is 0 Å². The van der Waals surface area contributed by atoms with E-state index in [9.17, 15) is 0 Å². The molecule has 3 heterocycles. The lowest BCUT2D eigenvalue weighted by molar-refractivity contribution is 0.224. The zero-order valence-corrected chi connectivity index (χ0v) is 13.2. The molecule has 118 valence electrons. The molecule has 0 spiro atoms. The quantitative estimate of drug-likeness (QED) is 0.811. The Hall–Kier alpha value is -2.22. The molecule has 0 aromatic carbocycles. The van der Waals surface area contributed by atoms with E-state index in [-0.39, 0.29) is 0 Å². The lowest BCUT2D eigenvalue weighted by Crippen LogP contribution is -2.46. The first-order valence-corrected chi connectivity index (χ1v) is 7.38. The second-order valence-corrected chi connectivity index (χ2v) is 5.59. The second kappa shape index (κ2) is 6.27. The molecule has 2 aromatic rings. The highest BCUT2D eigenvalue weighted by Crippen LogP contribution is 2.16. The standard InChI is InChI=1S/C14H21N7O/c1-11-17-18-13(22-11)10-20-6-8-21(9-7-20)12-4-5-15-14(16-12)19(2)3/h4-5H,6-10H2,1-3H3. The molecule has 0 amide bonds. The van der Waals surface area contributed by atoms with Gasteiger partial charge in [0, 0.05) is 53.4 Å². The Morgan fingerprint density at radius 1 is 1.18 bits per heavy atom. The van der Waals surface area contributed by atoms with Crippen molar-refractivity contribution in [1.29, 1.82) is 0 Å². The van der Waals surface area contributed by atoms with Crippen LogP contribution in [-0.2, 0) is 6.54 Å². The minimum absolute atomic E-state index is 0.617. The van der Waals surface area contributed by atoms with Gasteiger partial charge in [0.05, 0.1) is 6.54 Å². The number of hydrogen-bond donors (Lipinski definition) is 0. The van der Waals surface area contributed by atoms with E-state index in [2.05, 4.69) is 30.0 Å². The van der Waals surface area contributed by atoms with Gasteiger partial charge in [0.25, 0.3) is 0 Å². The monoisotopic (exact) mass is 303 g/mol. The van der Waals surface area contributed by atoms with Gasteiger partial charge in [-0.15, -0.1) is 10.2 Å². The van der Waals surface area contributed by atoms with Crippen LogP contribution in [0.25, 0.3) is 0 Å². The van der Waals surface area contributed by atoms with Gasteiger partial charge in [-0.2, -0.15) is 4.98 Å². The van der Waals surface area contributed by atoms with E-state index in [1.165, 1.54) is 0 Å². The number of aromatic nitrogens is 4. The topological polar surface area (TPSA) is 74.4 Å². The summed E-state index contributed by atoms with van der Waals surface area (Å²) in [4.78, 5) is 15.4. The van der Waals surface area contributed by atoms with Gasteiger partial charge in [-0.1, -0.05) is 0 Å². The molecule has 0 aliphatic carbocycles. The fraction of sp³-hybridized carbons (Fsp3) is 0.571. The molecule has 1 aliphatic heterocycles. The normalized spacial score (nSPS) is 16.0. The van der Waals surface area contributed by atoms with E-state index in [1.807, 2.05) is 38.2 Å². The van der Waals surface area contributed by atoms with Crippen LogP contribution in [0.15, 0.2) is 16.7 Å². The van der Waals surface area contributed by atoms with Crippen LogP contribution in [0.1, 0.15) is 11.8 Å². The highest BCUT2D eigenvalue weighted by atomic mass is 16.4. The molecular formula is C14H21N7O. The van der Waals surface area contributed by atoms with Crippen LogP contribution in [0.5, 0.6) is 0 Å². The summed E-state index contributed by atoms with van der Waals surface area (Å²) >= 11 is 0. The molecule has 1 fully saturated rings. The van der Waals surface area contributed by atoms with E-state index in [0.29, 0.717) is 18.3 Å². The fourth-order valence-electron chi connectivity index (χ4n) is 2.46. The highest BCUT2D eigenvalue weighted by Gasteiger charge is 2.20. The Kier molecular flexibility index (Phi) is 4.19. The van der Waals surface area contributed by atoms with Gasteiger partial charge in [0.2, 0.25) is 17.7 Å². The van der Waals surface area contributed by atoms with Crippen LogP contribution < -0.4 is 9.80 Å². The largest absolute Gasteiger partial charge is 0.424 e. The van der Waals surface area contributed by atoms with Gasteiger partial charge in [-0.05, 0) is 6.07 Å². The predicted molar refractivity (Wildman–Crippen MR) is 82.9 cm³/mol. The summed E-state index contributed by atoms with van der Waals surface area (Å²) in [6, 6.07) is 1.96. The molecule has 0 N–H and O–H groups in total. The van der Waals surface area contributed by atoms with Crippen molar-refractivity contribution in [3.63, 3.8) is 0 Å². The van der Waals surface area contributed by atoms with Crippen LogP contribution in [0, 0.1) is 6.92 Å². The van der Waals surface area contributed by atoms with E-state index in [0.717, 1.165) is 37.9 Å². The van der Waals surface area contributed by atoms with Crippen LogP contribution >= 0.6 is 0 Å². The van der Waals surface area contributed by atoms with Gasteiger partial charge in [-0.25, -0.2) is 4.98 Å².